The number of urea groups is 1. The average molecular weight is 333 g/mol. The highest BCUT2D eigenvalue weighted by atomic mass is 16.2. The van der Waals surface area contributed by atoms with E-state index in [1.54, 1.807) is 4.90 Å². The largest absolute Gasteiger partial charge is 0.351 e. The van der Waals surface area contributed by atoms with Crippen molar-refractivity contribution in [1.82, 2.24) is 4.90 Å². The number of benzene rings is 1. The predicted octanol–water partition coefficient (Wildman–Crippen LogP) is 6.05. The number of hydrogen-bond donors (Lipinski definition) is 1. The molecular formula is C21H36N2O. The maximum absolute atomic E-state index is 11.8. The van der Waals surface area contributed by atoms with Gasteiger partial charge in [-0.3, -0.25) is 0 Å². The molecule has 136 valence electrons. The number of nitrogens with two attached hydrogens (primary N) is 1. The highest BCUT2D eigenvalue weighted by molar-refractivity contribution is 5.72. The molecule has 0 aliphatic carbocycles. The van der Waals surface area contributed by atoms with E-state index in [2.05, 4.69) is 26.0 Å². The topological polar surface area (TPSA) is 46.3 Å². The van der Waals surface area contributed by atoms with Gasteiger partial charge < -0.3 is 10.6 Å². The second-order valence-corrected chi connectivity index (χ2v) is 6.80. The van der Waals surface area contributed by atoms with E-state index in [0.29, 0.717) is 0 Å². The second-order valence-electron chi connectivity index (χ2n) is 6.80. The first-order valence-corrected chi connectivity index (χ1v) is 9.77. The first-order chi connectivity index (χ1) is 11.7. The fraction of sp³-hybridized carbons (Fsp3) is 0.667. The Morgan fingerprint density at radius 1 is 0.917 bits per heavy atom. The third-order valence-corrected chi connectivity index (χ3v) is 4.79. The monoisotopic (exact) mass is 332 g/mol. The maximum Gasteiger partial charge on any atom is 0.315 e. The summed E-state index contributed by atoms with van der Waals surface area (Å²) in [7, 11) is 0. The van der Waals surface area contributed by atoms with Crippen LogP contribution in [0.5, 0.6) is 0 Å². The molecule has 1 rings (SSSR count). The lowest BCUT2D eigenvalue weighted by Crippen LogP contribution is -2.38. The van der Waals surface area contributed by atoms with Gasteiger partial charge in [0, 0.05) is 6.54 Å². The van der Waals surface area contributed by atoms with Gasteiger partial charge in [0.25, 0.3) is 0 Å². The Morgan fingerprint density at radius 3 is 1.92 bits per heavy atom. The summed E-state index contributed by atoms with van der Waals surface area (Å²) in [6.07, 6.45) is 13.0. The molecule has 0 spiro atoms. The van der Waals surface area contributed by atoms with Gasteiger partial charge in [0.1, 0.15) is 0 Å². The summed E-state index contributed by atoms with van der Waals surface area (Å²) in [5.74, 6) is 0. The summed E-state index contributed by atoms with van der Waals surface area (Å²) in [5.41, 5.74) is 6.72. The van der Waals surface area contributed by atoms with E-state index in [1.165, 1.54) is 57.8 Å². The van der Waals surface area contributed by atoms with E-state index < -0.39 is 0 Å². The molecule has 0 fully saturated rings. The second kappa shape index (κ2) is 12.9. The van der Waals surface area contributed by atoms with Crippen molar-refractivity contribution in [1.29, 1.82) is 0 Å². The van der Waals surface area contributed by atoms with Crippen molar-refractivity contribution in [3.63, 3.8) is 0 Å². The standard InChI is InChI=1S/C21H36N2O/c1-3-4-5-6-7-8-9-10-11-15-18-23(21(22)24)19(2)20-16-13-12-14-17-20/h12-14,16-17,19H,3-11,15,18H2,1-2H3,(H2,22,24). The molecule has 1 unspecified atom stereocenters. The molecule has 0 saturated carbocycles. The third kappa shape index (κ3) is 8.37. The van der Waals surface area contributed by atoms with E-state index in [9.17, 15) is 4.79 Å². The minimum Gasteiger partial charge on any atom is -0.351 e. The van der Waals surface area contributed by atoms with Crippen molar-refractivity contribution in [2.45, 2.75) is 84.1 Å². The van der Waals surface area contributed by atoms with Gasteiger partial charge in [-0.1, -0.05) is 95.0 Å². The molecule has 0 bridgehead atoms. The number of nitrogens with zero attached hydrogens (tertiary/aromatic N) is 1. The van der Waals surface area contributed by atoms with Gasteiger partial charge in [0.2, 0.25) is 0 Å². The summed E-state index contributed by atoms with van der Waals surface area (Å²) in [6, 6.07) is 9.84. The van der Waals surface area contributed by atoms with Crippen molar-refractivity contribution in [2.75, 3.05) is 6.54 Å². The number of carbonyl (C=O) groups excluding carboxylic acids is 1. The summed E-state index contributed by atoms with van der Waals surface area (Å²) in [5, 5.41) is 0. The lowest BCUT2D eigenvalue weighted by molar-refractivity contribution is 0.187. The minimum absolute atomic E-state index is 0.0438. The van der Waals surface area contributed by atoms with Gasteiger partial charge in [-0.25, -0.2) is 4.79 Å². The van der Waals surface area contributed by atoms with Crippen LogP contribution >= 0.6 is 0 Å². The molecule has 0 heterocycles. The zero-order chi connectivity index (χ0) is 17.6. The molecular weight excluding hydrogens is 296 g/mol. The average Bonchev–Trinajstić information content (AvgIpc) is 2.59. The first-order valence-electron chi connectivity index (χ1n) is 9.77. The van der Waals surface area contributed by atoms with Crippen molar-refractivity contribution in [3.05, 3.63) is 35.9 Å². The molecule has 0 saturated heterocycles. The fourth-order valence-electron chi connectivity index (χ4n) is 3.18. The summed E-state index contributed by atoms with van der Waals surface area (Å²) in [4.78, 5) is 13.5. The molecule has 0 aromatic heterocycles. The smallest absolute Gasteiger partial charge is 0.315 e. The van der Waals surface area contributed by atoms with Crippen molar-refractivity contribution in [3.8, 4) is 0 Å². The van der Waals surface area contributed by atoms with Gasteiger partial charge in [-0.15, -0.1) is 0 Å². The van der Waals surface area contributed by atoms with Crippen LogP contribution < -0.4 is 5.73 Å². The zero-order valence-electron chi connectivity index (χ0n) is 15.7. The number of rotatable bonds is 13. The van der Waals surface area contributed by atoms with Crippen molar-refractivity contribution < 1.29 is 4.79 Å². The van der Waals surface area contributed by atoms with E-state index in [-0.39, 0.29) is 12.1 Å². The van der Waals surface area contributed by atoms with Crippen LogP contribution in [0.15, 0.2) is 30.3 Å². The van der Waals surface area contributed by atoms with E-state index in [0.717, 1.165) is 18.5 Å². The van der Waals surface area contributed by atoms with Crippen LogP contribution in [-0.4, -0.2) is 17.5 Å². The van der Waals surface area contributed by atoms with Crippen LogP contribution in [0.2, 0.25) is 0 Å². The van der Waals surface area contributed by atoms with Crippen LogP contribution in [-0.2, 0) is 0 Å². The third-order valence-electron chi connectivity index (χ3n) is 4.79. The van der Waals surface area contributed by atoms with E-state index in [4.69, 9.17) is 5.73 Å². The Bertz CT molecular complexity index is 433. The van der Waals surface area contributed by atoms with Crippen LogP contribution in [0.25, 0.3) is 0 Å². The number of carbonyl (C=O) groups is 1. The summed E-state index contributed by atoms with van der Waals surface area (Å²) < 4.78 is 0. The lowest BCUT2D eigenvalue weighted by Gasteiger charge is -2.28. The Hall–Kier alpha value is -1.51. The van der Waals surface area contributed by atoms with Crippen molar-refractivity contribution >= 4 is 6.03 Å². The molecule has 0 radical (unpaired) electrons. The maximum atomic E-state index is 11.8. The van der Waals surface area contributed by atoms with Crippen LogP contribution in [0.3, 0.4) is 0 Å². The Morgan fingerprint density at radius 2 is 1.42 bits per heavy atom. The summed E-state index contributed by atoms with van der Waals surface area (Å²) in [6.45, 7) is 5.06. The van der Waals surface area contributed by atoms with Crippen LogP contribution in [0, 0.1) is 0 Å². The normalized spacial score (nSPS) is 12.1. The van der Waals surface area contributed by atoms with E-state index >= 15 is 0 Å². The lowest BCUT2D eigenvalue weighted by atomic mass is 10.1. The molecule has 3 nitrogen and oxygen atoms in total. The number of amides is 2. The molecule has 0 aliphatic rings. The zero-order valence-corrected chi connectivity index (χ0v) is 15.7. The molecule has 1 aromatic rings. The summed E-state index contributed by atoms with van der Waals surface area (Å²) >= 11 is 0. The number of primary amides is 1. The molecule has 3 heteroatoms. The molecule has 0 aliphatic heterocycles. The van der Waals surface area contributed by atoms with Gasteiger partial charge in [0.15, 0.2) is 0 Å². The van der Waals surface area contributed by atoms with Gasteiger partial charge in [-0.05, 0) is 18.9 Å². The molecule has 1 aromatic carbocycles. The highest BCUT2D eigenvalue weighted by Gasteiger charge is 2.18. The van der Waals surface area contributed by atoms with Crippen LogP contribution in [0.4, 0.5) is 4.79 Å². The minimum atomic E-state index is -0.317. The number of hydrogen-bond acceptors (Lipinski definition) is 1. The SMILES string of the molecule is CCCCCCCCCCCCN(C(N)=O)C(C)c1ccccc1. The van der Waals surface area contributed by atoms with Gasteiger partial charge >= 0.3 is 6.03 Å². The molecule has 2 N–H and O–H groups in total. The fourth-order valence-corrected chi connectivity index (χ4v) is 3.18. The predicted molar refractivity (Wildman–Crippen MR) is 103 cm³/mol. The number of unbranched alkanes of at least 4 members (excludes halogenated alkanes) is 9. The molecule has 1 atom stereocenters. The van der Waals surface area contributed by atoms with Gasteiger partial charge in [-0.2, -0.15) is 0 Å². The Balaban J connectivity index is 2.17. The highest BCUT2D eigenvalue weighted by Crippen LogP contribution is 2.20. The van der Waals surface area contributed by atoms with Crippen LogP contribution in [0.1, 0.15) is 89.7 Å². The first kappa shape index (κ1) is 20.5. The molecule has 24 heavy (non-hydrogen) atoms. The van der Waals surface area contributed by atoms with Crippen molar-refractivity contribution in [2.24, 2.45) is 5.73 Å². The Labute approximate surface area is 148 Å². The van der Waals surface area contributed by atoms with Gasteiger partial charge in [0.05, 0.1) is 6.04 Å². The van der Waals surface area contributed by atoms with E-state index in [1.807, 2.05) is 18.2 Å². The quantitative estimate of drug-likeness (QED) is 0.439. The Kier molecular flexibility index (Phi) is 11.0. The molecule has 2 amide bonds.